The van der Waals surface area contributed by atoms with Crippen molar-refractivity contribution < 1.29 is 19.0 Å². The van der Waals surface area contributed by atoms with Crippen LogP contribution in [0.2, 0.25) is 0 Å². The molecule has 0 amide bonds. The van der Waals surface area contributed by atoms with Gasteiger partial charge >= 0.3 is 0 Å². The van der Waals surface area contributed by atoms with E-state index in [1.54, 1.807) is 39.3 Å². The number of hydrogen-bond donors (Lipinski definition) is 1. The Hall–Kier alpha value is -3.78. The molecule has 0 bridgehead atoms. The topological polar surface area (TPSA) is 82.3 Å². The third-order valence-electron chi connectivity index (χ3n) is 5.82. The maximum absolute atomic E-state index is 14.8. The van der Waals surface area contributed by atoms with Gasteiger partial charge in [0.25, 0.3) is 0 Å². The number of ether oxygens (including phenoxy) is 2. The van der Waals surface area contributed by atoms with Crippen LogP contribution >= 0.6 is 0 Å². The van der Waals surface area contributed by atoms with Gasteiger partial charge in [0.1, 0.15) is 29.6 Å². The summed E-state index contributed by atoms with van der Waals surface area (Å²) in [5, 5.41) is 15.6. The predicted octanol–water partition coefficient (Wildman–Crippen LogP) is 4.91. The number of benzene rings is 2. The largest absolute Gasteiger partial charge is 0.497 e. The Labute approximate surface area is 204 Å². The lowest BCUT2D eigenvalue weighted by Gasteiger charge is -2.23. The molecule has 0 spiro atoms. The highest BCUT2D eigenvalue weighted by molar-refractivity contribution is 5.38. The lowest BCUT2D eigenvalue weighted by Crippen LogP contribution is -2.24. The van der Waals surface area contributed by atoms with Crippen molar-refractivity contribution in [3.8, 4) is 17.4 Å². The maximum Gasteiger partial charge on any atom is 0.219 e. The molecule has 0 aliphatic rings. The lowest BCUT2D eigenvalue weighted by atomic mass is 9.89. The summed E-state index contributed by atoms with van der Waals surface area (Å²) in [6.07, 6.45) is 4.85. The van der Waals surface area contributed by atoms with E-state index >= 15 is 0 Å². The van der Waals surface area contributed by atoms with Crippen molar-refractivity contribution in [2.24, 2.45) is 0 Å². The van der Waals surface area contributed by atoms with Gasteiger partial charge in [-0.3, -0.25) is 0 Å². The normalized spacial score (nSPS) is 12.9. The zero-order valence-corrected chi connectivity index (χ0v) is 20.3. The lowest BCUT2D eigenvalue weighted by molar-refractivity contribution is 0.0979. The molecule has 4 aromatic rings. The number of nitrogens with zero attached hydrogens (tertiary/aromatic N) is 4. The number of aliphatic hydroxyl groups is 1. The number of halogens is 1. The molecular formula is C27H29FN4O3. The first-order valence-corrected chi connectivity index (χ1v) is 11.5. The summed E-state index contributed by atoms with van der Waals surface area (Å²) < 4.78 is 27.4. The number of aryl methyl sites for hydroxylation is 2. The first-order valence-electron chi connectivity index (χ1n) is 11.5. The van der Waals surface area contributed by atoms with Crippen LogP contribution in [0.4, 0.5) is 4.39 Å². The molecule has 2 aromatic carbocycles. The first kappa shape index (κ1) is 24.3. The molecule has 0 radical (unpaired) electrons. The Bertz CT molecular complexity index is 1300. The second kappa shape index (κ2) is 10.2. The van der Waals surface area contributed by atoms with Crippen molar-refractivity contribution in [1.82, 2.24) is 19.7 Å². The molecule has 2 aromatic heterocycles. The fourth-order valence-corrected chi connectivity index (χ4v) is 3.85. The van der Waals surface area contributed by atoms with Crippen LogP contribution in [0.3, 0.4) is 0 Å². The summed E-state index contributed by atoms with van der Waals surface area (Å²) in [7, 11) is 1.62. The summed E-state index contributed by atoms with van der Waals surface area (Å²) >= 11 is 0. The van der Waals surface area contributed by atoms with Crippen LogP contribution in [0.1, 0.15) is 48.3 Å². The fourth-order valence-electron chi connectivity index (χ4n) is 3.85. The Kier molecular flexibility index (Phi) is 7.12. The van der Waals surface area contributed by atoms with Gasteiger partial charge in [0.15, 0.2) is 5.82 Å². The summed E-state index contributed by atoms with van der Waals surface area (Å²) in [6, 6.07) is 14.2. The molecule has 0 aliphatic heterocycles. The van der Waals surface area contributed by atoms with Gasteiger partial charge in [-0.05, 0) is 49.6 Å². The molecule has 2 heterocycles. The summed E-state index contributed by atoms with van der Waals surface area (Å²) in [5.41, 5.74) is 0.936. The average Bonchev–Trinajstić information content (AvgIpc) is 3.34. The standard InChI is InChI=1S/C27H29FN4O3/c1-5-6-19-9-12-23(24(28)13-19)27(3,33)21-15-29-32(16-21)25-14-26(31-18(2)30-25)35-17-20-7-10-22(34-4)11-8-20/h7-16,33H,5-6,17H2,1-4H3. The molecule has 1 N–H and O–H groups in total. The highest BCUT2D eigenvalue weighted by Crippen LogP contribution is 2.32. The molecule has 0 saturated carbocycles. The van der Waals surface area contributed by atoms with Crippen LogP contribution in [0.15, 0.2) is 60.9 Å². The van der Waals surface area contributed by atoms with Crippen LogP contribution < -0.4 is 9.47 Å². The molecule has 35 heavy (non-hydrogen) atoms. The number of rotatable bonds is 9. The van der Waals surface area contributed by atoms with E-state index in [1.165, 1.54) is 16.9 Å². The van der Waals surface area contributed by atoms with Gasteiger partial charge in [0.05, 0.1) is 13.3 Å². The van der Waals surface area contributed by atoms with Gasteiger partial charge in [-0.2, -0.15) is 10.1 Å². The minimum absolute atomic E-state index is 0.194. The summed E-state index contributed by atoms with van der Waals surface area (Å²) in [6.45, 7) is 5.69. The molecule has 4 rings (SSSR count). The summed E-state index contributed by atoms with van der Waals surface area (Å²) in [4.78, 5) is 8.78. The Morgan fingerprint density at radius 2 is 1.80 bits per heavy atom. The molecule has 0 saturated heterocycles. The van der Waals surface area contributed by atoms with Gasteiger partial charge in [0, 0.05) is 23.4 Å². The van der Waals surface area contributed by atoms with Crippen LogP contribution in [0, 0.1) is 12.7 Å². The van der Waals surface area contributed by atoms with Gasteiger partial charge in [-0.1, -0.05) is 37.6 Å². The van der Waals surface area contributed by atoms with Crippen molar-refractivity contribution in [3.63, 3.8) is 0 Å². The van der Waals surface area contributed by atoms with Gasteiger partial charge in [-0.25, -0.2) is 14.1 Å². The van der Waals surface area contributed by atoms with Crippen molar-refractivity contribution in [2.45, 2.75) is 45.8 Å². The van der Waals surface area contributed by atoms with E-state index < -0.39 is 11.4 Å². The van der Waals surface area contributed by atoms with E-state index in [1.807, 2.05) is 37.3 Å². The predicted molar refractivity (Wildman–Crippen MR) is 130 cm³/mol. The molecule has 0 fully saturated rings. The van der Waals surface area contributed by atoms with E-state index in [2.05, 4.69) is 15.1 Å². The highest BCUT2D eigenvalue weighted by Gasteiger charge is 2.30. The van der Waals surface area contributed by atoms with E-state index in [0.717, 1.165) is 29.7 Å². The minimum atomic E-state index is -1.57. The fraction of sp³-hybridized carbons (Fsp3) is 0.296. The molecule has 182 valence electrons. The second-order valence-electron chi connectivity index (χ2n) is 8.56. The van der Waals surface area contributed by atoms with E-state index in [4.69, 9.17) is 9.47 Å². The van der Waals surface area contributed by atoms with Gasteiger partial charge in [-0.15, -0.1) is 0 Å². The molecule has 8 heteroatoms. The zero-order valence-electron chi connectivity index (χ0n) is 20.3. The van der Waals surface area contributed by atoms with Crippen LogP contribution in [-0.2, 0) is 18.6 Å². The monoisotopic (exact) mass is 476 g/mol. The van der Waals surface area contributed by atoms with Crippen molar-refractivity contribution in [3.05, 3.63) is 94.8 Å². The van der Waals surface area contributed by atoms with Gasteiger partial charge in [0.2, 0.25) is 5.88 Å². The quantitative estimate of drug-likeness (QED) is 0.370. The van der Waals surface area contributed by atoms with Crippen molar-refractivity contribution >= 4 is 0 Å². The minimum Gasteiger partial charge on any atom is -0.497 e. The second-order valence-corrected chi connectivity index (χ2v) is 8.56. The van der Waals surface area contributed by atoms with E-state index in [-0.39, 0.29) is 5.56 Å². The molecule has 0 aliphatic carbocycles. The smallest absolute Gasteiger partial charge is 0.219 e. The van der Waals surface area contributed by atoms with Crippen LogP contribution in [-0.4, -0.2) is 32.0 Å². The Balaban J connectivity index is 1.55. The van der Waals surface area contributed by atoms with Crippen LogP contribution in [0.5, 0.6) is 11.6 Å². The molecule has 7 nitrogen and oxygen atoms in total. The molecular weight excluding hydrogens is 447 g/mol. The zero-order chi connectivity index (χ0) is 25.0. The van der Waals surface area contributed by atoms with Crippen LogP contribution in [0.25, 0.3) is 5.82 Å². The first-order chi connectivity index (χ1) is 16.8. The third kappa shape index (κ3) is 5.49. The third-order valence-corrected chi connectivity index (χ3v) is 5.82. The number of aromatic nitrogens is 4. The van der Waals surface area contributed by atoms with Crippen molar-refractivity contribution in [2.75, 3.05) is 7.11 Å². The molecule has 1 unspecified atom stereocenters. The average molecular weight is 477 g/mol. The SMILES string of the molecule is CCCc1ccc(C(C)(O)c2cnn(-c3cc(OCc4ccc(OC)cc4)nc(C)n3)c2)c(F)c1. The highest BCUT2D eigenvalue weighted by atomic mass is 19.1. The summed E-state index contributed by atoms with van der Waals surface area (Å²) in [5.74, 6) is 1.71. The Morgan fingerprint density at radius 3 is 2.49 bits per heavy atom. The Morgan fingerprint density at radius 1 is 1.06 bits per heavy atom. The van der Waals surface area contributed by atoms with Crippen molar-refractivity contribution in [1.29, 1.82) is 0 Å². The maximum atomic E-state index is 14.8. The van der Waals surface area contributed by atoms with E-state index in [0.29, 0.717) is 29.7 Å². The van der Waals surface area contributed by atoms with E-state index in [9.17, 15) is 9.50 Å². The van der Waals surface area contributed by atoms with Gasteiger partial charge < -0.3 is 14.6 Å². The molecule has 1 atom stereocenters. The number of methoxy groups -OCH3 is 1. The number of hydrogen-bond acceptors (Lipinski definition) is 6.